The molecule has 4 aromatic rings. The summed E-state index contributed by atoms with van der Waals surface area (Å²) in [6, 6.07) is 18.1. The molecule has 0 aliphatic rings. The maximum atomic E-state index is 10.5. The van der Waals surface area contributed by atoms with E-state index in [2.05, 4.69) is 10.1 Å². The lowest BCUT2D eigenvalue weighted by Gasteiger charge is -2.13. The molecule has 2 heterocycles. The highest BCUT2D eigenvalue weighted by molar-refractivity contribution is 6.32. The lowest BCUT2D eigenvalue weighted by Crippen LogP contribution is -2.01. The van der Waals surface area contributed by atoms with Crippen molar-refractivity contribution in [3.05, 3.63) is 89.3 Å². The second kappa shape index (κ2) is 7.74. The molecule has 0 amide bonds. The zero-order valence-corrected chi connectivity index (χ0v) is 15.7. The van der Waals surface area contributed by atoms with E-state index in [4.69, 9.17) is 11.6 Å². The Morgan fingerprint density at radius 2 is 1.68 bits per heavy atom. The molecule has 0 spiro atoms. The average Bonchev–Trinajstić information content (AvgIpc) is 3.18. The van der Waals surface area contributed by atoms with Gasteiger partial charge in [-0.25, -0.2) is 4.68 Å². The number of aromatic hydroxyl groups is 2. The van der Waals surface area contributed by atoms with Crippen LogP contribution in [0.5, 0.6) is 11.5 Å². The van der Waals surface area contributed by atoms with Gasteiger partial charge in [0.05, 0.1) is 22.6 Å². The fourth-order valence-electron chi connectivity index (χ4n) is 3.16. The first-order chi connectivity index (χ1) is 13.6. The quantitative estimate of drug-likeness (QED) is 0.513. The number of para-hydroxylation sites is 1. The molecular formula is C22H18ClN3O2. The summed E-state index contributed by atoms with van der Waals surface area (Å²) in [7, 11) is 0. The topological polar surface area (TPSA) is 71.2 Å². The van der Waals surface area contributed by atoms with E-state index in [0.717, 1.165) is 11.3 Å². The second-order valence-electron chi connectivity index (χ2n) is 6.40. The molecule has 0 saturated carbocycles. The number of hydrogen-bond acceptors (Lipinski definition) is 4. The predicted octanol–water partition coefficient (Wildman–Crippen LogP) is 4.78. The van der Waals surface area contributed by atoms with Gasteiger partial charge in [-0.2, -0.15) is 5.10 Å². The molecule has 2 aromatic carbocycles. The van der Waals surface area contributed by atoms with E-state index in [-0.39, 0.29) is 11.5 Å². The van der Waals surface area contributed by atoms with Crippen LogP contribution in [0.15, 0.2) is 73.1 Å². The van der Waals surface area contributed by atoms with E-state index in [1.807, 2.05) is 36.4 Å². The van der Waals surface area contributed by atoms with Gasteiger partial charge in [0.25, 0.3) is 0 Å². The summed E-state index contributed by atoms with van der Waals surface area (Å²) < 4.78 is 1.68. The number of aromatic nitrogens is 3. The number of rotatable bonds is 5. The molecule has 0 radical (unpaired) electrons. The SMILES string of the molecule is Oc1cc(O)c(-c2ccnn2-c2ccccc2Cl)cc1CCc1ccccn1. The fourth-order valence-corrected chi connectivity index (χ4v) is 3.37. The minimum absolute atomic E-state index is 0.0205. The van der Waals surface area contributed by atoms with Crippen LogP contribution in [0.4, 0.5) is 0 Å². The first-order valence-corrected chi connectivity index (χ1v) is 9.25. The number of hydrogen-bond donors (Lipinski definition) is 2. The zero-order valence-electron chi connectivity index (χ0n) is 15.0. The molecule has 0 unspecified atom stereocenters. The van der Waals surface area contributed by atoms with E-state index in [9.17, 15) is 10.2 Å². The summed E-state index contributed by atoms with van der Waals surface area (Å²) in [4.78, 5) is 4.32. The van der Waals surface area contributed by atoms with Gasteiger partial charge in [-0.1, -0.05) is 29.8 Å². The highest BCUT2D eigenvalue weighted by Crippen LogP contribution is 2.37. The van der Waals surface area contributed by atoms with Crippen molar-refractivity contribution >= 4 is 11.6 Å². The number of phenols is 2. The van der Waals surface area contributed by atoms with Gasteiger partial charge >= 0.3 is 0 Å². The molecule has 4 rings (SSSR count). The molecule has 140 valence electrons. The summed E-state index contributed by atoms with van der Waals surface area (Å²) in [5, 5.41) is 25.7. The summed E-state index contributed by atoms with van der Waals surface area (Å²) in [6.07, 6.45) is 4.68. The molecule has 0 aliphatic carbocycles. The van der Waals surface area contributed by atoms with Crippen LogP contribution in [0.25, 0.3) is 16.9 Å². The largest absolute Gasteiger partial charge is 0.508 e. The van der Waals surface area contributed by atoms with Crippen molar-refractivity contribution in [2.45, 2.75) is 12.8 Å². The van der Waals surface area contributed by atoms with Crippen molar-refractivity contribution in [3.63, 3.8) is 0 Å². The molecule has 28 heavy (non-hydrogen) atoms. The van der Waals surface area contributed by atoms with Crippen LogP contribution in [-0.2, 0) is 12.8 Å². The molecule has 5 nitrogen and oxygen atoms in total. The third-order valence-corrected chi connectivity index (χ3v) is 4.89. The van der Waals surface area contributed by atoms with Crippen molar-refractivity contribution in [3.8, 4) is 28.4 Å². The molecule has 0 bridgehead atoms. The molecule has 0 saturated heterocycles. The van der Waals surface area contributed by atoms with Gasteiger partial charge in [0.15, 0.2) is 0 Å². The minimum Gasteiger partial charge on any atom is -0.508 e. The van der Waals surface area contributed by atoms with Crippen LogP contribution in [0.2, 0.25) is 5.02 Å². The van der Waals surface area contributed by atoms with Gasteiger partial charge < -0.3 is 10.2 Å². The molecule has 0 aliphatic heterocycles. The van der Waals surface area contributed by atoms with Crippen LogP contribution in [0, 0.1) is 0 Å². The second-order valence-corrected chi connectivity index (χ2v) is 6.81. The Labute approximate surface area is 167 Å². The average molecular weight is 392 g/mol. The van der Waals surface area contributed by atoms with Gasteiger partial charge in [0.1, 0.15) is 11.5 Å². The third kappa shape index (κ3) is 3.57. The van der Waals surface area contributed by atoms with E-state index < -0.39 is 0 Å². The van der Waals surface area contributed by atoms with Crippen molar-refractivity contribution in [1.29, 1.82) is 0 Å². The highest BCUT2D eigenvalue weighted by atomic mass is 35.5. The van der Waals surface area contributed by atoms with Gasteiger partial charge in [-0.3, -0.25) is 4.98 Å². The number of nitrogens with zero attached hydrogens (tertiary/aromatic N) is 3. The Hall–Kier alpha value is -3.31. The number of aryl methyl sites for hydroxylation is 2. The van der Waals surface area contributed by atoms with E-state index >= 15 is 0 Å². The van der Waals surface area contributed by atoms with Crippen molar-refractivity contribution < 1.29 is 10.2 Å². The zero-order chi connectivity index (χ0) is 19.5. The van der Waals surface area contributed by atoms with Crippen LogP contribution in [-0.4, -0.2) is 25.0 Å². The van der Waals surface area contributed by atoms with E-state index in [1.54, 1.807) is 35.3 Å². The maximum absolute atomic E-state index is 10.5. The van der Waals surface area contributed by atoms with Crippen molar-refractivity contribution in [2.75, 3.05) is 0 Å². The van der Waals surface area contributed by atoms with Gasteiger partial charge in [0, 0.05) is 23.5 Å². The van der Waals surface area contributed by atoms with E-state index in [0.29, 0.717) is 34.8 Å². The molecule has 2 N–H and O–H groups in total. The molecule has 0 atom stereocenters. The molecule has 0 fully saturated rings. The number of phenolic OH excluding ortho intramolecular Hbond substituents is 2. The Bertz CT molecular complexity index is 1110. The fraction of sp³-hybridized carbons (Fsp3) is 0.0909. The van der Waals surface area contributed by atoms with E-state index in [1.165, 1.54) is 6.07 Å². The number of halogens is 1. The summed E-state index contributed by atoms with van der Waals surface area (Å²) in [6.45, 7) is 0. The van der Waals surface area contributed by atoms with Crippen LogP contribution in [0.3, 0.4) is 0 Å². The third-order valence-electron chi connectivity index (χ3n) is 4.57. The standard InChI is InChI=1S/C22H18ClN3O2/c23-18-6-1-2-7-20(18)26-19(10-12-25-26)17-13-15(21(27)14-22(17)28)8-9-16-5-3-4-11-24-16/h1-7,10-14,27-28H,8-9H2. The minimum atomic E-state index is -0.0205. The first kappa shape index (κ1) is 18.1. The first-order valence-electron chi connectivity index (χ1n) is 8.87. The molecular weight excluding hydrogens is 374 g/mol. The summed E-state index contributed by atoms with van der Waals surface area (Å²) in [5.74, 6) is 0.0360. The Balaban J connectivity index is 1.71. The monoisotopic (exact) mass is 391 g/mol. The lowest BCUT2D eigenvalue weighted by molar-refractivity contribution is 0.446. The summed E-state index contributed by atoms with van der Waals surface area (Å²) in [5.41, 5.74) is 3.64. The maximum Gasteiger partial charge on any atom is 0.128 e. The van der Waals surface area contributed by atoms with Crippen LogP contribution < -0.4 is 0 Å². The van der Waals surface area contributed by atoms with Crippen LogP contribution >= 0.6 is 11.6 Å². The number of benzene rings is 2. The highest BCUT2D eigenvalue weighted by Gasteiger charge is 2.16. The molecule has 2 aromatic heterocycles. The normalized spacial score (nSPS) is 10.9. The van der Waals surface area contributed by atoms with Gasteiger partial charge in [-0.05, 0) is 54.8 Å². The van der Waals surface area contributed by atoms with Crippen molar-refractivity contribution in [1.82, 2.24) is 14.8 Å². The van der Waals surface area contributed by atoms with Crippen LogP contribution in [0.1, 0.15) is 11.3 Å². The van der Waals surface area contributed by atoms with Gasteiger partial charge in [-0.15, -0.1) is 0 Å². The van der Waals surface area contributed by atoms with Gasteiger partial charge in [0.2, 0.25) is 0 Å². The molecule has 6 heteroatoms. The Morgan fingerprint density at radius 3 is 2.46 bits per heavy atom. The summed E-state index contributed by atoms with van der Waals surface area (Å²) >= 11 is 6.32. The number of pyridine rings is 1. The Morgan fingerprint density at radius 1 is 0.857 bits per heavy atom. The lowest BCUT2D eigenvalue weighted by atomic mass is 10.0. The Kier molecular flexibility index (Phi) is 5.00. The predicted molar refractivity (Wildman–Crippen MR) is 109 cm³/mol. The van der Waals surface area contributed by atoms with Crippen molar-refractivity contribution in [2.24, 2.45) is 0 Å². The smallest absolute Gasteiger partial charge is 0.128 e.